The van der Waals surface area contributed by atoms with Crippen LogP contribution in [-0.4, -0.2) is 33.2 Å². The molecule has 0 saturated carbocycles. The second kappa shape index (κ2) is 5.07. The van der Waals surface area contributed by atoms with Gasteiger partial charge in [-0.3, -0.25) is 4.79 Å². The minimum Gasteiger partial charge on any atom is -0.366 e. The molecule has 1 heterocycles. The van der Waals surface area contributed by atoms with E-state index in [9.17, 15) is 13.2 Å². The van der Waals surface area contributed by atoms with Crippen molar-refractivity contribution in [3.63, 3.8) is 0 Å². The molecule has 98 valence electrons. The number of benzene rings is 1. The van der Waals surface area contributed by atoms with E-state index in [1.165, 1.54) is 0 Å². The van der Waals surface area contributed by atoms with Crippen LogP contribution in [-0.2, 0) is 15.6 Å². The van der Waals surface area contributed by atoms with E-state index in [-0.39, 0.29) is 23.0 Å². The molecular weight excluding hydrogens is 252 g/mol. The number of amides is 1. The third kappa shape index (κ3) is 3.08. The summed E-state index contributed by atoms with van der Waals surface area (Å²) in [6, 6.07) is 6.57. The van der Waals surface area contributed by atoms with E-state index in [1.54, 1.807) is 24.3 Å². The highest BCUT2D eigenvalue weighted by Crippen LogP contribution is 2.15. The fourth-order valence-corrected chi connectivity index (χ4v) is 3.81. The lowest BCUT2D eigenvalue weighted by Gasteiger charge is -2.26. The van der Waals surface area contributed by atoms with Gasteiger partial charge in [0, 0.05) is 18.7 Å². The number of nitrogens with two attached hydrogens (primary N) is 1. The number of carbonyl (C=O) groups is 1. The van der Waals surface area contributed by atoms with Gasteiger partial charge in [0.05, 0.1) is 11.5 Å². The lowest BCUT2D eigenvalue weighted by Crippen LogP contribution is -2.45. The van der Waals surface area contributed by atoms with Crippen LogP contribution in [0.2, 0.25) is 0 Å². The summed E-state index contributed by atoms with van der Waals surface area (Å²) in [6.45, 7) is 1.49. The number of carbonyl (C=O) groups excluding carboxylic acids is 1. The topological polar surface area (TPSA) is 89.3 Å². The summed E-state index contributed by atoms with van der Waals surface area (Å²) in [5.41, 5.74) is 6.00. The molecule has 0 aromatic heterocycles. The monoisotopic (exact) mass is 268 g/mol. The second-order valence-electron chi connectivity index (χ2n) is 4.60. The molecule has 1 aromatic carbocycles. The zero-order valence-electron chi connectivity index (χ0n) is 9.93. The van der Waals surface area contributed by atoms with Gasteiger partial charge >= 0.3 is 0 Å². The maximum Gasteiger partial charge on any atom is 0.249 e. The zero-order valence-corrected chi connectivity index (χ0v) is 10.7. The van der Waals surface area contributed by atoms with E-state index in [0.29, 0.717) is 5.56 Å². The Hall–Kier alpha value is -1.40. The molecule has 6 heteroatoms. The molecule has 1 aliphatic heterocycles. The highest BCUT2D eigenvalue weighted by atomic mass is 32.2. The van der Waals surface area contributed by atoms with Gasteiger partial charge in [-0.15, -0.1) is 0 Å². The molecule has 0 unspecified atom stereocenters. The third-order valence-corrected chi connectivity index (χ3v) is 4.74. The smallest absolute Gasteiger partial charge is 0.249 e. The Morgan fingerprint density at radius 2 is 2.00 bits per heavy atom. The van der Waals surface area contributed by atoms with E-state index in [2.05, 4.69) is 5.32 Å². The van der Waals surface area contributed by atoms with Crippen LogP contribution in [0.4, 0.5) is 0 Å². The van der Waals surface area contributed by atoms with Crippen LogP contribution >= 0.6 is 0 Å². The molecule has 2 rings (SSSR count). The average molecular weight is 268 g/mol. The molecule has 0 spiro atoms. The van der Waals surface area contributed by atoms with E-state index in [4.69, 9.17) is 5.73 Å². The predicted octanol–water partition coefficient (Wildman–Crippen LogP) is -0.0803. The molecule has 1 saturated heterocycles. The maximum absolute atomic E-state index is 12.0. The Morgan fingerprint density at radius 1 is 1.33 bits per heavy atom. The van der Waals surface area contributed by atoms with Crippen LogP contribution in [0.25, 0.3) is 0 Å². The van der Waals surface area contributed by atoms with E-state index in [1.807, 2.05) is 0 Å². The SMILES string of the molecule is NC(=O)c1ccccc1CS(=O)(=O)CC1CNC1. The number of primary amides is 1. The molecule has 0 atom stereocenters. The van der Waals surface area contributed by atoms with Gasteiger partial charge in [0.2, 0.25) is 5.91 Å². The van der Waals surface area contributed by atoms with Crippen molar-refractivity contribution in [1.82, 2.24) is 5.32 Å². The summed E-state index contributed by atoms with van der Waals surface area (Å²) in [5, 5.41) is 3.04. The van der Waals surface area contributed by atoms with Crippen LogP contribution in [0.15, 0.2) is 24.3 Å². The summed E-state index contributed by atoms with van der Waals surface area (Å²) in [4.78, 5) is 11.2. The highest BCUT2D eigenvalue weighted by molar-refractivity contribution is 7.90. The summed E-state index contributed by atoms with van der Waals surface area (Å²) in [7, 11) is -3.20. The lowest BCUT2D eigenvalue weighted by molar-refractivity contribution is 0.0999. The van der Waals surface area contributed by atoms with Crippen LogP contribution in [0.1, 0.15) is 15.9 Å². The Kier molecular flexibility index (Phi) is 3.68. The van der Waals surface area contributed by atoms with Crippen LogP contribution < -0.4 is 11.1 Å². The van der Waals surface area contributed by atoms with Crippen molar-refractivity contribution < 1.29 is 13.2 Å². The van der Waals surface area contributed by atoms with Gasteiger partial charge in [-0.05, 0) is 17.5 Å². The Balaban J connectivity index is 2.15. The molecule has 18 heavy (non-hydrogen) atoms. The number of sulfone groups is 1. The molecular formula is C12H16N2O3S. The highest BCUT2D eigenvalue weighted by Gasteiger charge is 2.25. The van der Waals surface area contributed by atoms with Crippen LogP contribution in [0, 0.1) is 5.92 Å². The molecule has 1 fully saturated rings. The zero-order chi connectivity index (χ0) is 13.2. The van der Waals surface area contributed by atoms with Crippen LogP contribution in [0.3, 0.4) is 0 Å². The predicted molar refractivity (Wildman–Crippen MR) is 68.8 cm³/mol. The van der Waals surface area contributed by atoms with Crippen molar-refractivity contribution in [2.24, 2.45) is 11.7 Å². The van der Waals surface area contributed by atoms with Crippen molar-refractivity contribution in [2.45, 2.75) is 5.75 Å². The fraction of sp³-hybridized carbons (Fsp3) is 0.417. The van der Waals surface area contributed by atoms with Gasteiger partial charge in [0.15, 0.2) is 9.84 Å². The van der Waals surface area contributed by atoms with Crippen molar-refractivity contribution in [3.8, 4) is 0 Å². The first-order valence-corrected chi connectivity index (χ1v) is 7.59. The van der Waals surface area contributed by atoms with Gasteiger partial charge in [-0.2, -0.15) is 0 Å². The summed E-state index contributed by atoms with van der Waals surface area (Å²) in [6.07, 6.45) is 0. The first-order valence-electron chi connectivity index (χ1n) is 5.77. The minimum absolute atomic E-state index is 0.122. The number of hydrogen-bond donors (Lipinski definition) is 2. The molecule has 1 aliphatic rings. The lowest BCUT2D eigenvalue weighted by atomic mass is 10.1. The molecule has 0 aliphatic carbocycles. The van der Waals surface area contributed by atoms with Crippen molar-refractivity contribution in [2.75, 3.05) is 18.8 Å². The minimum atomic E-state index is -3.20. The van der Waals surface area contributed by atoms with Gasteiger partial charge in [-0.25, -0.2) is 8.42 Å². The van der Waals surface area contributed by atoms with E-state index >= 15 is 0 Å². The molecule has 1 amide bonds. The number of nitrogens with one attached hydrogen (secondary N) is 1. The van der Waals surface area contributed by atoms with Crippen molar-refractivity contribution in [3.05, 3.63) is 35.4 Å². The normalized spacial score (nSPS) is 16.2. The summed E-state index contributed by atoms with van der Waals surface area (Å²) >= 11 is 0. The maximum atomic E-state index is 12.0. The van der Waals surface area contributed by atoms with Gasteiger partial charge in [-0.1, -0.05) is 18.2 Å². The van der Waals surface area contributed by atoms with Crippen LogP contribution in [0.5, 0.6) is 0 Å². The number of hydrogen-bond acceptors (Lipinski definition) is 4. The summed E-state index contributed by atoms with van der Waals surface area (Å²) in [5.74, 6) is -0.364. The molecule has 0 bridgehead atoms. The largest absolute Gasteiger partial charge is 0.366 e. The second-order valence-corrected chi connectivity index (χ2v) is 6.71. The average Bonchev–Trinajstić information content (AvgIpc) is 2.24. The third-order valence-electron chi connectivity index (χ3n) is 3.01. The Morgan fingerprint density at radius 3 is 2.56 bits per heavy atom. The number of rotatable bonds is 5. The van der Waals surface area contributed by atoms with Gasteiger partial charge in [0.25, 0.3) is 0 Å². The Bertz CT molecular complexity index is 550. The van der Waals surface area contributed by atoms with Crippen molar-refractivity contribution >= 4 is 15.7 Å². The van der Waals surface area contributed by atoms with Crippen molar-refractivity contribution in [1.29, 1.82) is 0 Å². The first kappa shape index (κ1) is 13.0. The van der Waals surface area contributed by atoms with E-state index in [0.717, 1.165) is 13.1 Å². The molecule has 1 aromatic rings. The molecule has 0 radical (unpaired) electrons. The van der Waals surface area contributed by atoms with E-state index < -0.39 is 15.7 Å². The van der Waals surface area contributed by atoms with Gasteiger partial charge in [0.1, 0.15) is 0 Å². The fourth-order valence-electron chi connectivity index (χ4n) is 2.01. The standard InChI is InChI=1S/C12H16N2O3S/c13-12(15)11-4-2-1-3-10(11)8-18(16,17)7-9-5-14-6-9/h1-4,9,14H,5-8H2,(H2,13,15). The quantitative estimate of drug-likeness (QED) is 0.781. The van der Waals surface area contributed by atoms with Gasteiger partial charge < -0.3 is 11.1 Å². The first-order chi connectivity index (χ1) is 8.48. The molecule has 3 N–H and O–H groups in total. The Labute approximate surface area is 106 Å². The molecule has 5 nitrogen and oxygen atoms in total. The summed E-state index contributed by atoms with van der Waals surface area (Å²) < 4.78 is 24.0.